The summed E-state index contributed by atoms with van der Waals surface area (Å²) in [6, 6.07) is 9.33. The van der Waals surface area contributed by atoms with Crippen molar-refractivity contribution >= 4 is 11.8 Å². The van der Waals surface area contributed by atoms with Crippen molar-refractivity contribution in [3.63, 3.8) is 0 Å². The molecule has 5 heteroatoms. The number of carbonyl (C=O) groups is 2. The van der Waals surface area contributed by atoms with Crippen LogP contribution in [0.5, 0.6) is 0 Å². The second-order valence-corrected chi connectivity index (χ2v) is 8.25. The summed E-state index contributed by atoms with van der Waals surface area (Å²) < 4.78 is 0. The quantitative estimate of drug-likeness (QED) is 0.914. The average Bonchev–Trinajstić information content (AvgIpc) is 3.04. The lowest BCUT2D eigenvalue weighted by molar-refractivity contribution is -0.143. The van der Waals surface area contributed by atoms with E-state index in [-0.39, 0.29) is 17.2 Å². The molecule has 2 N–H and O–H groups in total. The van der Waals surface area contributed by atoms with Crippen molar-refractivity contribution in [3.05, 3.63) is 35.9 Å². The first kappa shape index (κ1) is 17.9. The molecule has 3 rings (SSSR count). The molecular weight excluding hydrogens is 314 g/mol. The van der Waals surface area contributed by atoms with Crippen molar-refractivity contribution in [3.8, 4) is 0 Å². The van der Waals surface area contributed by atoms with Gasteiger partial charge >= 0.3 is 0 Å². The van der Waals surface area contributed by atoms with E-state index in [1.165, 1.54) is 0 Å². The highest BCUT2D eigenvalue weighted by molar-refractivity contribution is 5.95. The molecule has 2 unspecified atom stereocenters. The molecule has 2 heterocycles. The van der Waals surface area contributed by atoms with Crippen molar-refractivity contribution in [2.45, 2.75) is 33.1 Å². The molecule has 2 atom stereocenters. The molecule has 0 bridgehead atoms. The minimum absolute atomic E-state index is 0.0209. The van der Waals surface area contributed by atoms with Crippen molar-refractivity contribution in [1.82, 2.24) is 9.80 Å². The molecule has 2 amide bonds. The summed E-state index contributed by atoms with van der Waals surface area (Å²) in [5, 5.41) is 0. The van der Waals surface area contributed by atoms with E-state index < -0.39 is 5.41 Å². The summed E-state index contributed by atoms with van der Waals surface area (Å²) in [5.74, 6) is 0.197. The maximum Gasteiger partial charge on any atom is 0.253 e. The van der Waals surface area contributed by atoms with Gasteiger partial charge < -0.3 is 15.5 Å². The van der Waals surface area contributed by atoms with Crippen LogP contribution in [0.15, 0.2) is 30.3 Å². The van der Waals surface area contributed by atoms with Crippen LogP contribution < -0.4 is 5.73 Å². The first-order valence-corrected chi connectivity index (χ1v) is 9.21. The number of carbonyl (C=O) groups excluding carboxylic acids is 2. The Kier molecular flexibility index (Phi) is 4.87. The number of nitrogens with zero attached hydrogens (tertiary/aromatic N) is 2. The van der Waals surface area contributed by atoms with Gasteiger partial charge in [0.1, 0.15) is 0 Å². The first-order valence-electron chi connectivity index (χ1n) is 9.21. The number of amides is 2. The fraction of sp³-hybridized carbons (Fsp3) is 0.600. The van der Waals surface area contributed by atoms with Crippen molar-refractivity contribution in [1.29, 1.82) is 0 Å². The normalized spacial score (nSPS) is 29.7. The highest BCUT2D eigenvalue weighted by Gasteiger charge is 2.45. The summed E-state index contributed by atoms with van der Waals surface area (Å²) in [7, 11) is 0. The molecule has 25 heavy (non-hydrogen) atoms. The van der Waals surface area contributed by atoms with E-state index in [0.717, 1.165) is 38.9 Å². The van der Waals surface area contributed by atoms with Crippen LogP contribution in [0.2, 0.25) is 0 Å². The number of rotatable bonds is 3. The van der Waals surface area contributed by atoms with E-state index in [0.29, 0.717) is 18.7 Å². The largest absolute Gasteiger partial charge is 0.342 e. The lowest BCUT2D eigenvalue weighted by Gasteiger charge is -2.41. The molecular formula is C20H29N3O2. The standard InChI is InChI=1S/C20H29N3O2/c1-19(13-21)10-12-23(14-19)18(25)20(2)9-6-11-22(15-20)17(24)16-7-4-3-5-8-16/h3-5,7-8H,6,9-15,21H2,1-2H3. The molecule has 2 saturated heterocycles. The van der Waals surface area contributed by atoms with Gasteiger partial charge in [-0.2, -0.15) is 0 Å². The van der Waals surface area contributed by atoms with Crippen LogP contribution >= 0.6 is 0 Å². The van der Waals surface area contributed by atoms with Crippen molar-refractivity contribution in [2.75, 3.05) is 32.7 Å². The van der Waals surface area contributed by atoms with E-state index in [1.807, 2.05) is 47.1 Å². The van der Waals surface area contributed by atoms with Crippen molar-refractivity contribution < 1.29 is 9.59 Å². The Bertz CT molecular complexity index is 648. The van der Waals surface area contributed by atoms with Crippen LogP contribution in [0.3, 0.4) is 0 Å². The Labute approximate surface area is 150 Å². The average molecular weight is 343 g/mol. The van der Waals surface area contributed by atoms with Gasteiger partial charge in [0.25, 0.3) is 5.91 Å². The van der Waals surface area contributed by atoms with Gasteiger partial charge in [-0.3, -0.25) is 9.59 Å². The zero-order valence-electron chi connectivity index (χ0n) is 15.3. The van der Waals surface area contributed by atoms with E-state index >= 15 is 0 Å². The SMILES string of the molecule is CC1(CN)CCN(C(=O)C2(C)CCCN(C(=O)c3ccccc3)C2)C1. The van der Waals surface area contributed by atoms with Crippen LogP contribution in [0.1, 0.15) is 43.5 Å². The Morgan fingerprint density at radius 1 is 1.04 bits per heavy atom. The van der Waals surface area contributed by atoms with E-state index in [1.54, 1.807) is 0 Å². The van der Waals surface area contributed by atoms with Crippen LogP contribution in [0.4, 0.5) is 0 Å². The van der Waals surface area contributed by atoms with Crippen LogP contribution in [-0.2, 0) is 4.79 Å². The molecule has 2 fully saturated rings. The lowest BCUT2D eigenvalue weighted by atomic mass is 9.80. The van der Waals surface area contributed by atoms with Gasteiger partial charge in [-0.15, -0.1) is 0 Å². The highest BCUT2D eigenvalue weighted by Crippen LogP contribution is 2.36. The third kappa shape index (κ3) is 3.56. The molecule has 0 spiro atoms. The van der Waals surface area contributed by atoms with Crippen LogP contribution in [0.25, 0.3) is 0 Å². The second kappa shape index (κ2) is 6.79. The number of hydrogen-bond donors (Lipinski definition) is 1. The molecule has 136 valence electrons. The monoisotopic (exact) mass is 343 g/mol. The van der Waals surface area contributed by atoms with Gasteiger partial charge in [-0.25, -0.2) is 0 Å². The van der Waals surface area contributed by atoms with Gasteiger partial charge in [0.05, 0.1) is 5.41 Å². The molecule has 2 aliphatic rings. The molecule has 2 aliphatic heterocycles. The maximum atomic E-state index is 13.2. The number of nitrogens with two attached hydrogens (primary N) is 1. The predicted molar refractivity (Wildman–Crippen MR) is 98.0 cm³/mol. The number of piperidine rings is 1. The second-order valence-electron chi connectivity index (χ2n) is 8.25. The predicted octanol–water partition coefficient (Wildman–Crippen LogP) is 2.13. The van der Waals surface area contributed by atoms with Crippen molar-refractivity contribution in [2.24, 2.45) is 16.6 Å². The molecule has 0 aliphatic carbocycles. The topological polar surface area (TPSA) is 66.6 Å². The number of likely N-dealkylation sites (tertiary alicyclic amines) is 2. The summed E-state index contributed by atoms with van der Waals surface area (Å²) in [5.41, 5.74) is 6.10. The third-order valence-electron chi connectivity index (χ3n) is 5.86. The first-order chi connectivity index (χ1) is 11.9. The van der Waals surface area contributed by atoms with E-state index in [4.69, 9.17) is 5.73 Å². The molecule has 0 saturated carbocycles. The zero-order chi connectivity index (χ0) is 18.1. The summed E-state index contributed by atoms with van der Waals surface area (Å²) in [6.45, 7) is 7.48. The fourth-order valence-electron chi connectivity index (χ4n) is 4.10. The Morgan fingerprint density at radius 2 is 1.76 bits per heavy atom. The molecule has 0 radical (unpaired) electrons. The van der Waals surface area contributed by atoms with Gasteiger partial charge in [0.15, 0.2) is 0 Å². The van der Waals surface area contributed by atoms with Crippen LogP contribution in [0, 0.1) is 10.8 Å². The third-order valence-corrected chi connectivity index (χ3v) is 5.86. The number of hydrogen-bond acceptors (Lipinski definition) is 3. The fourth-order valence-corrected chi connectivity index (χ4v) is 4.10. The van der Waals surface area contributed by atoms with Gasteiger partial charge in [0, 0.05) is 31.7 Å². The minimum Gasteiger partial charge on any atom is -0.342 e. The summed E-state index contributed by atoms with van der Waals surface area (Å²) >= 11 is 0. The lowest BCUT2D eigenvalue weighted by Crippen LogP contribution is -2.53. The summed E-state index contributed by atoms with van der Waals surface area (Å²) in [6.07, 6.45) is 2.65. The van der Waals surface area contributed by atoms with Gasteiger partial charge in [-0.1, -0.05) is 25.1 Å². The summed E-state index contributed by atoms with van der Waals surface area (Å²) in [4.78, 5) is 29.7. The zero-order valence-corrected chi connectivity index (χ0v) is 15.3. The highest BCUT2D eigenvalue weighted by atomic mass is 16.2. The van der Waals surface area contributed by atoms with Gasteiger partial charge in [0.2, 0.25) is 5.91 Å². The maximum absolute atomic E-state index is 13.2. The van der Waals surface area contributed by atoms with E-state index in [9.17, 15) is 9.59 Å². The molecule has 0 aromatic heterocycles. The molecule has 1 aromatic carbocycles. The smallest absolute Gasteiger partial charge is 0.253 e. The molecule has 5 nitrogen and oxygen atoms in total. The van der Waals surface area contributed by atoms with E-state index in [2.05, 4.69) is 6.92 Å². The Hall–Kier alpha value is -1.88. The Morgan fingerprint density at radius 3 is 2.40 bits per heavy atom. The van der Waals surface area contributed by atoms with Gasteiger partial charge in [-0.05, 0) is 50.3 Å². The molecule has 1 aromatic rings. The Balaban J connectivity index is 1.71. The minimum atomic E-state index is -0.497. The number of benzene rings is 1. The van der Waals surface area contributed by atoms with Crippen LogP contribution in [-0.4, -0.2) is 54.3 Å².